The molecule has 150 valence electrons. The van der Waals surface area contributed by atoms with Crippen molar-refractivity contribution in [2.45, 2.75) is 19.0 Å². The molecule has 3 heterocycles. The maximum absolute atomic E-state index is 13.1. The Kier molecular flexibility index (Phi) is 4.21. The summed E-state index contributed by atoms with van der Waals surface area (Å²) < 4.78 is 12.4. The zero-order valence-electron chi connectivity index (χ0n) is 15.8. The second-order valence-electron chi connectivity index (χ2n) is 7.11. The molecule has 9 heteroatoms. The van der Waals surface area contributed by atoms with E-state index in [1.54, 1.807) is 13.0 Å². The van der Waals surface area contributed by atoms with E-state index >= 15 is 0 Å². The minimum absolute atomic E-state index is 0.137. The highest BCUT2D eigenvalue weighted by Gasteiger charge is 2.51. The summed E-state index contributed by atoms with van der Waals surface area (Å²) in [5, 5.41) is 11.6. The van der Waals surface area contributed by atoms with Crippen LogP contribution < -0.4 is 5.32 Å². The third kappa shape index (κ3) is 2.98. The molecular formula is C21H15BrN4O4. The number of amides is 3. The molecular weight excluding hydrogens is 452 g/mol. The van der Waals surface area contributed by atoms with Crippen molar-refractivity contribution in [3.8, 4) is 11.5 Å². The lowest BCUT2D eigenvalue weighted by Gasteiger charge is -2.18. The number of furan rings is 1. The van der Waals surface area contributed by atoms with E-state index in [1.807, 2.05) is 48.5 Å². The topological polar surface area (TPSA) is 101 Å². The Morgan fingerprint density at radius 1 is 1.07 bits per heavy atom. The first-order valence-electron chi connectivity index (χ1n) is 9.15. The van der Waals surface area contributed by atoms with Gasteiger partial charge in [-0.3, -0.25) is 9.69 Å². The van der Waals surface area contributed by atoms with Gasteiger partial charge in [0.15, 0.2) is 5.54 Å². The highest BCUT2D eigenvalue weighted by molar-refractivity contribution is 9.10. The van der Waals surface area contributed by atoms with Crippen molar-refractivity contribution in [3.63, 3.8) is 0 Å². The minimum Gasteiger partial charge on any atom is -0.458 e. The van der Waals surface area contributed by atoms with Crippen molar-refractivity contribution < 1.29 is 18.4 Å². The van der Waals surface area contributed by atoms with Gasteiger partial charge in [-0.25, -0.2) is 4.79 Å². The number of nitrogens with one attached hydrogen (secondary N) is 1. The molecule has 1 aliphatic heterocycles. The zero-order valence-corrected chi connectivity index (χ0v) is 17.3. The number of carbonyl (C=O) groups excluding carboxylic acids is 2. The Morgan fingerprint density at radius 3 is 2.70 bits per heavy atom. The number of halogens is 1. The van der Waals surface area contributed by atoms with E-state index in [0.717, 1.165) is 20.3 Å². The molecule has 0 aliphatic carbocycles. The fraction of sp³-hybridized carbons (Fsp3) is 0.143. The second-order valence-corrected chi connectivity index (χ2v) is 8.02. The lowest BCUT2D eigenvalue weighted by atomic mass is 9.99. The number of imide groups is 1. The maximum Gasteiger partial charge on any atom is 0.325 e. The van der Waals surface area contributed by atoms with E-state index in [1.165, 1.54) is 0 Å². The molecule has 8 nitrogen and oxygen atoms in total. The standard InChI is InChI=1S/C21H15BrN4O4/c1-21(16-10-12-5-2-3-8-15(12)29-16)19(27)26(20(28)23-21)11-17-24-25-18(30-17)13-6-4-7-14(22)9-13/h2-10H,11H2,1H3,(H,23,28). The molecule has 2 aromatic carbocycles. The van der Waals surface area contributed by atoms with Crippen molar-refractivity contribution in [1.29, 1.82) is 0 Å². The third-order valence-electron chi connectivity index (χ3n) is 5.03. The molecule has 0 saturated carbocycles. The van der Waals surface area contributed by atoms with Gasteiger partial charge in [0, 0.05) is 15.4 Å². The summed E-state index contributed by atoms with van der Waals surface area (Å²) in [6.45, 7) is 1.48. The number of hydrogen-bond acceptors (Lipinski definition) is 6. The SMILES string of the molecule is CC1(c2cc3ccccc3o2)NC(=O)N(Cc2nnc(-c3cccc(Br)c3)o2)C1=O. The highest BCUT2D eigenvalue weighted by Crippen LogP contribution is 2.33. The van der Waals surface area contributed by atoms with Gasteiger partial charge < -0.3 is 14.2 Å². The van der Waals surface area contributed by atoms with E-state index in [4.69, 9.17) is 8.83 Å². The Morgan fingerprint density at radius 2 is 1.90 bits per heavy atom. The van der Waals surface area contributed by atoms with E-state index in [0.29, 0.717) is 17.2 Å². The van der Waals surface area contributed by atoms with E-state index in [9.17, 15) is 9.59 Å². The normalized spacial score (nSPS) is 18.9. The quantitative estimate of drug-likeness (QED) is 0.452. The van der Waals surface area contributed by atoms with Crippen molar-refractivity contribution in [2.24, 2.45) is 0 Å². The van der Waals surface area contributed by atoms with Crippen molar-refractivity contribution >= 4 is 38.8 Å². The number of para-hydroxylation sites is 1. The molecule has 1 N–H and O–H groups in total. The molecule has 1 saturated heterocycles. The van der Waals surface area contributed by atoms with Crippen LogP contribution in [0.1, 0.15) is 18.6 Å². The Bertz CT molecular complexity index is 1260. The van der Waals surface area contributed by atoms with E-state index in [2.05, 4.69) is 31.4 Å². The van der Waals surface area contributed by atoms with Gasteiger partial charge in [0.25, 0.3) is 5.91 Å². The van der Waals surface area contributed by atoms with Crippen LogP contribution in [-0.2, 0) is 16.9 Å². The maximum atomic E-state index is 13.1. The van der Waals surface area contributed by atoms with Crippen LogP contribution in [-0.4, -0.2) is 27.0 Å². The lowest BCUT2D eigenvalue weighted by Crippen LogP contribution is -2.40. The molecule has 1 fully saturated rings. The van der Waals surface area contributed by atoms with Crippen LogP contribution in [0.4, 0.5) is 4.79 Å². The highest BCUT2D eigenvalue weighted by atomic mass is 79.9. The molecule has 2 aromatic heterocycles. The van der Waals surface area contributed by atoms with Crippen molar-refractivity contribution in [2.75, 3.05) is 0 Å². The van der Waals surface area contributed by atoms with Gasteiger partial charge in [-0.05, 0) is 37.3 Å². The molecule has 0 bridgehead atoms. The van der Waals surface area contributed by atoms with Gasteiger partial charge in [-0.1, -0.05) is 40.2 Å². The molecule has 1 unspecified atom stereocenters. The molecule has 0 radical (unpaired) electrons. The first-order valence-corrected chi connectivity index (χ1v) is 9.95. The summed E-state index contributed by atoms with van der Waals surface area (Å²) in [7, 11) is 0. The number of aromatic nitrogens is 2. The number of fused-ring (bicyclic) bond motifs is 1. The van der Waals surface area contributed by atoms with Crippen LogP contribution in [0.5, 0.6) is 0 Å². The van der Waals surface area contributed by atoms with Crippen LogP contribution in [0.25, 0.3) is 22.4 Å². The van der Waals surface area contributed by atoms with Crippen LogP contribution >= 0.6 is 15.9 Å². The van der Waals surface area contributed by atoms with Gasteiger partial charge in [0.2, 0.25) is 11.8 Å². The molecule has 1 atom stereocenters. The summed E-state index contributed by atoms with van der Waals surface area (Å²) in [6, 6.07) is 16.0. The number of benzene rings is 2. The number of carbonyl (C=O) groups is 2. The van der Waals surface area contributed by atoms with Gasteiger partial charge in [0.1, 0.15) is 17.9 Å². The Hall–Kier alpha value is -3.46. The molecule has 4 aromatic rings. The van der Waals surface area contributed by atoms with Gasteiger partial charge in [-0.2, -0.15) is 0 Å². The summed E-state index contributed by atoms with van der Waals surface area (Å²) in [6.07, 6.45) is 0. The minimum atomic E-state index is -1.32. The first-order chi connectivity index (χ1) is 14.4. The summed E-state index contributed by atoms with van der Waals surface area (Å²) in [5.41, 5.74) is 0.0562. The summed E-state index contributed by atoms with van der Waals surface area (Å²) >= 11 is 3.40. The van der Waals surface area contributed by atoms with Gasteiger partial charge in [0.05, 0.1) is 0 Å². The Labute approximate surface area is 179 Å². The van der Waals surface area contributed by atoms with Crippen molar-refractivity contribution in [3.05, 3.63) is 70.7 Å². The molecule has 0 spiro atoms. The molecule has 1 aliphatic rings. The number of hydrogen-bond donors (Lipinski definition) is 1. The number of urea groups is 1. The zero-order chi connectivity index (χ0) is 20.9. The van der Waals surface area contributed by atoms with Crippen LogP contribution in [0.3, 0.4) is 0 Å². The smallest absolute Gasteiger partial charge is 0.325 e. The summed E-state index contributed by atoms with van der Waals surface area (Å²) in [5.74, 6) is 0.374. The van der Waals surface area contributed by atoms with Crippen LogP contribution in [0.2, 0.25) is 0 Å². The fourth-order valence-corrected chi connectivity index (χ4v) is 3.83. The second kappa shape index (κ2) is 6.81. The number of rotatable bonds is 4. The average molecular weight is 467 g/mol. The third-order valence-corrected chi connectivity index (χ3v) is 5.52. The molecule has 5 rings (SSSR count). The van der Waals surface area contributed by atoms with Crippen LogP contribution in [0, 0.1) is 0 Å². The van der Waals surface area contributed by atoms with E-state index in [-0.39, 0.29) is 12.4 Å². The first kappa shape index (κ1) is 18.6. The predicted molar refractivity (Wildman–Crippen MR) is 110 cm³/mol. The van der Waals surface area contributed by atoms with Gasteiger partial charge in [-0.15, -0.1) is 10.2 Å². The largest absolute Gasteiger partial charge is 0.458 e. The monoisotopic (exact) mass is 466 g/mol. The molecule has 30 heavy (non-hydrogen) atoms. The lowest BCUT2D eigenvalue weighted by molar-refractivity contribution is -0.132. The predicted octanol–water partition coefficient (Wildman–Crippen LogP) is 4.21. The van der Waals surface area contributed by atoms with Crippen molar-refractivity contribution in [1.82, 2.24) is 20.4 Å². The summed E-state index contributed by atoms with van der Waals surface area (Å²) in [4.78, 5) is 26.7. The van der Waals surface area contributed by atoms with Gasteiger partial charge >= 0.3 is 6.03 Å². The van der Waals surface area contributed by atoms with E-state index < -0.39 is 17.5 Å². The fourth-order valence-electron chi connectivity index (χ4n) is 3.43. The van der Waals surface area contributed by atoms with Crippen LogP contribution in [0.15, 0.2) is 67.9 Å². The Balaban J connectivity index is 1.41. The number of nitrogens with zero attached hydrogens (tertiary/aromatic N) is 3. The average Bonchev–Trinajstić information content (AvgIpc) is 3.42. The molecule has 3 amide bonds.